The molecule has 4 aliphatic rings. The van der Waals surface area contributed by atoms with E-state index in [-0.39, 0.29) is 17.5 Å². The molecule has 0 radical (unpaired) electrons. The van der Waals surface area contributed by atoms with Gasteiger partial charge in [-0.1, -0.05) is 33.6 Å². The molecule has 0 aromatic rings. The molecule has 0 aromatic carbocycles. The Morgan fingerprint density at radius 2 is 1.89 bits per heavy atom. The largest absolute Gasteiger partial charge is 0.469 e. The third kappa shape index (κ3) is 3.06. The molecule has 0 aromatic heterocycles. The van der Waals surface area contributed by atoms with Crippen LogP contribution in [0.1, 0.15) is 91.4 Å². The Balaban J connectivity index is 1.54. The van der Waals surface area contributed by atoms with Crippen molar-refractivity contribution in [1.82, 2.24) is 0 Å². The van der Waals surface area contributed by atoms with Crippen molar-refractivity contribution in [2.75, 3.05) is 7.11 Å². The summed E-state index contributed by atoms with van der Waals surface area (Å²) in [4.78, 5) is 11.6. The Morgan fingerprint density at radius 1 is 1.11 bits per heavy atom. The van der Waals surface area contributed by atoms with Crippen LogP contribution in [-0.2, 0) is 9.53 Å². The van der Waals surface area contributed by atoms with Crippen molar-refractivity contribution >= 4 is 5.97 Å². The van der Waals surface area contributed by atoms with Gasteiger partial charge in [0.2, 0.25) is 0 Å². The van der Waals surface area contributed by atoms with Gasteiger partial charge in [-0.2, -0.15) is 0 Å². The summed E-state index contributed by atoms with van der Waals surface area (Å²) in [6.45, 7) is 7.29. The predicted octanol–water partition coefficient (Wildman–Crippen LogP) is 5.60. The van der Waals surface area contributed by atoms with Crippen LogP contribution in [0.25, 0.3) is 0 Å². The van der Waals surface area contributed by atoms with E-state index in [9.17, 15) is 9.90 Å². The van der Waals surface area contributed by atoms with Crippen molar-refractivity contribution in [2.45, 2.75) is 97.5 Å². The van der Waals surface area contributed by atoms with Gasteiger partial charge in [0, 0.05) is 6.42 Å². The molecule has 160 valence electrons. The summed E-state index contributed by atoms with van der Waals surface area (Å²) in [5.41, 5.74) is 0.507. The van der Waals surface area contributed by atoms with Crippen molar-refractivity contribution < 1.29 is 14.6 Å². The maximum absolute atomic E-state index is 11.6. The zero-order valence-corrected chi connectivity index (χ0v) is 18.6. The first-order valence-electron chi connectivity index (χ1n) is 12.1. The van der Waals surface area contributed by atoms with Crippen LogP contribution in [0.5, 0.6) is 0 Å². The average molecular weight is 391 g/mol. The van der Waals surface area contributed by atoms with Gasteiger partial charge in [0.1, 0.15) is 0 Å². The van der Waals surface area contributed by atoms with Gasteiger partial charge in [0.25, 0.3) is 0 Å². The molecule has 0 bridgehead atoms. The predicted molar refractivity (Wildman–Crippen MR) is 112 cm³/mol. The third-order valence-electron chi connectivity index (χ3n) is 10.5. The van der Waals surface area contributed by atoms with Crippen LogP contribution in [0.2, 0.25) is 0 Å². The maximum Gasteiger partial charge on any atom is 0.305 e. The van der Waals surface area contributed by atoms with Crippen LogP contribution in [0.4, 0.5) is 0 Å². The van der Waals surface area contributed by atoms with Gasteiger partial charge in [0.05, 0.1) is 13.2 Å². The van der Waals surface area contributed by atoms with Crippen LogP contribution < -0.4 is 0 Å². The molecular weight excluding hydrogens is 348 g/mol. The number of fused-ring (bicyclic) bond motifs is 5. The quantitative estimate of drug-likeness (QED) is 0.636. The zero-order chi connectivity index (χ0) is 20.1. The molecule has 3 heteroatoms. The number of esters is 1. The van der Waals surface area contributed by atoms with Gasteiger partial charge in [-0.05, 0) is 97.7 Å². The highest BCUT2D eigenvalue weighted by Crippen LogP contribution is 2.68. The van der Waals surface area contributed by atoms with Gasteiger partial charge in [-0.25, -0.2) is 0 Å². The van der Waals surface area contributed by atoms with Gasteiger partial charge in [0.15, 0.2) is 0 Å². The SMILES string of the molecule is COC(=O)CC[C@@H](C)C1CCC2C3CCC4CCCCC4(C)C3C[C@H](O)C21C. The molecule has 28 heavy (non-hydrogen) atoms. The Hall–Kier alpha value is -0.570. The van der Waals surface area contributed by atoms with Crippen LogP contribution in [0.3, 0.4) is 0 Å². The molecule has 7 unspecified atom stereocenters. The number of aliphatic hydroxyl groups excluding tert-OH is 1. The molecule has 0 saturated heterocycles. The van der Waals surface area contributed by atoms with Gasteiger partial charge in [-0.15, -0.1) is 0 Å². The molecule has 0 amide bonds. The van der Waals surface area contributed by atoms with Crippen molar-refractivity contribution in [3.8, 4) is 0 Å². The summed E-state index contributed by atoms with van der Waals surface area (Å²) < 4.78 is 4.86. The smallest absolute Gasteiger partial charge is 0.305 e. The van der Waals surface area contributed by atoms with Gasteiger partial charge < -0.3 is 9.84 Å². The fraction of sp³-hybridized carbons (Fsp3) is 0.960. The summed E-state index contributed by atoms with van der Waals surface area (Å²) in [6.07, 6.45) is 13.2. The highest BCUT2D eigenvalue weighted by atomic mass is 16.5. The van der Waals surface area contributed by atoms with E-state index in [0.29, 0.717) is 29.6 Å². The molecule has 3 nitrogen and oxygen atoms in total. The van der Waals surface area contributed by atoms with E-state index >= 15 is 0 Å². The molecule has 0 heterocycles. The molecule has 4 rings (SSSR count). The van der Waals surface area contributed by atoms with E-state index in [1.165, 1.54) is 58.5 Å². The summed E-state index contributed by atoms with van der Waals surface area (Å²) in [5.74, 6) is 4.02. The highest BCUT2D eigenvalue weighted by Gasteiger charge is 2.63. The van der Waals surface area contributed by atoms with Crippen molar-refractivity contribution in [3.63, 3.8) is 0 Å². The molecule has 9 atom stereocenters. The lowest BCUT2D eigenvalue weighted by Crippen LogP contribution is -2.58. The van der Waals surface area contributed by atoms with Crippen LogP contribution >= 0.6 is 0 Å². The number of carbonyl (C=O) groups excluding carboxylic acids is 1. The molecule has 4 saturated carbocycles. The van der Waals surface area contributed by atoms with Crippen molar-refractivity contribution in [2.24, 2.45) is 46.3 Å². The first kappa shape index (κ1) is 20.7. The van der Waals surface area contributed by atoms with E-state index in [4.69, 9.17) is 4.74 Å². The Kier molecular flexibility index (Phi) is 5.61. The summed E-state index contributed by atoms with van der Waals surface area (Å²) in [6, 6.07) is 0. The minimum atomic E-state index is -0.177. The van der Waals surface area contributed by atoms with Crippen LogP contribution in [0, 0.1) is 46.3 Å². The van der Waals surface area contributed by atoms with E-state index in [0.717, 1.165) is 30.6 Å². The van der Waals surface area contributed by atoms with E-state index in [2.05, 4.69) is 20.8 Å². The third-order valence-corrected chi connectivity index (χ3v) is 10.5. The fourth-order valence-electron chi connectivity index (χ4n) is 8.87. The maximum atomic E-state index is 11.6. The second-order valence-electron chi connectivity index (χ2n) is 11.3. The zero-order valence-electron chi connectivity index (χ0n) is 18.6. The second kappa shape index (κ2) is 7.60. The fourth-order valence-corrected chi connectivity index (χ4v) is 8.87. The van der Waals surface area contributed by atoms with Gasteiger partial charge >= 0.3 is 5.97 Å². The first-order valence-corrected chi connectivity index (χ1v) is 12.1. The lowest BCUT2D eigenvalue weighted by Gasteiger charge is -2.62. The van der Waals surface area contributed by atoms with Crippen molar-refractivity contribution in [3.05, 3.63) is 0 Å². The standard InChI is InChI=1S/C25H42O3/c1-16(8-13-23(27)28-4)19-11-12-20-18-10-9-17-7-5-6-14-24(17,2)21(18)15-22(26)25(19,20)3/h16-22,26H,5-15H2,1-4H3/t16-,17?,18?,19?,20?,21?,22+,24?,25?/m1/s1. The van der Waals surface area contributed by atoms with Crippen LogP contribution in [0.15, 0.2) is 0 Å². The number of hydrogen-bond donors (Lipinski definition) is 1. The number of hydrogen-bond acceptors (Lipinski definition) is 3. The Bertz CT molecular complexity index is 588. The first-order chi connectivity index (χ1) is 13.3. The molecule has 0 aliphatic heterocycles. The molecule has 4 fully saturated rings. The number of ether oxygens (including phenoxy) is 1. The lowest BCUT2D eigenvalue weighted by molar-refractivity contribution is -0.168. The summed E-state index contributed by atoms with van der Waals surface area (Å²) in [5, 5.41) is 11.5. The number of methoxy groups -OCH3 is 1. The van der Waals surface area contributed by atoms with Gasteiger partial charge in [-0.3, -0.25) is 4.79 Å². The molecule has 0 spiro atoms. The number of aliphatic hydroxyl groups is 1. The topological polar surface area (TPSA) is 46.5 Å². The Morgan fingerprint density at radius 3 is 2.64 bits per heavy atom. The van der Waals surface area contributed by atoms with E-state index in [1.54, 1.807) is 0 Å². The monoisotopic (exact) mass is 390 g/mol. The van der Waals surface area contributed by atoms with E-state index < -0.39 is 0 Å². The lowest BCUT2D eigenvalue weighted by atomic mass is 9.44. The van der Waals surface area contributed by atoms with Crippen molar-refractivity contribution in [1.29, 1.82) is 0 Å². The molecule has 1 N–H and O–H groups in total. The summed E-state index contributed by atoms with van der Waals surface area (Å²) >= 11 is 0. The second-order valence-corrected chi connectivity index (χ2v) is 11.3. The van der Waals surface area contributed by atoms with Crippen LogP contribution in [-0.4, -0.2) is 24.3 Å². The van der Waals surface area contributed by atoms with E-state index in [1.807, 2.05) is 0 Å². The minimum Gasteiger partial charge on any atom is -0.469 e. The molecule has 4 aliphatic carbocycles. The normalized spacial score (nSPS) is 48.9. The number of carbonyl (C=O) groups is 1. The highest BCUT2D eigenvalue weighted by molar-refractivity contribution is 5.69. The average Bonchev–Trinajstić information content (AvgIpc) is 3.05. The number of rotatable bonds is 4. The Labute approximate surface area is 172 Å². The summed E-state index contributed by atoms with van der Waals surface area (Å²) in [7, 11) is 1.48. The minimum absolute atomic E-state index is 0.0363. The molecular formula is C25H42O3.